The number of hydrogen-bond donors (Lipinski definition) is 2. The van der Waals surface area contributed by atoms with Crippen molar-refractivity contribution >= 4 is 5.82 Å². The molecule has 3 N–H and O–H groups in total. The van der Waals surface area contributed by atoms with Crippen LogP contribution in [0.4, 0.5) is 5.82 Å². The van der Waals surface area contributed by atoms with Gasteiger partial charge in [0.05, 0.1) is 23.7 Å². The van der Waals surface area contributed by atoms with E-state index in [1.165, 1.54) is 5.56 Å². The Balaban J connectivity index is 2.17. The molecule has 2 heterocycles. The fourth-order valence-electron chi connectivity index (χ4n) is 2.02. The zero-order valence-electron chi connectivity index (χ0n) is 10.5. The van der Waals surface area contributed by atoms with Gasteiger partial charge in [0.1, 0.15) is 0 Å². The van der Waals surface area contributed by atoms with Crippen molar-refractivity contribution in [3.05, 3.63) is 48.3 Å². The van der Waals surface area contributed by atoms with Crippen molar-refractivity contribution < 1.29 is 0 Å². The van der Waals surface area contributed by atoms with Gasteiger partial charge in [0, 0.05) is 5.56 Å². The molecule has 0 aliphatic heterocycles. The molecule has 1 aromatic carbocycles. The molecule has 2 aromatic heterocycles. The monoisotopic (exact) mass is 251 g/mol. The maximum absolute atomic E-state index is 5.97. The van der Waals surface area contributed by atoms with Crippen LogP contribution in [0.5, 0.6) is 0 Å². The van der Waals surface area contributed by atoms with Gasteiger partial charge >= 0.3 is 0 Å². The Hall–Kier alpha value is -2.69. The zero-order valence-corrected chi connectivity index (χ0v) is 10.5. The van der Waals surface area contributed by atoms with Gasteiger partial charge in [0.2, 0.25) is 0 Å². The van der Waals surface area contributed by atoms with Gasteiger partial charge in [-0.05, 0) is 18.6 Å². The Morgan fingerprint density at radius 1 is 1.00 bits per heavy atom. The van der Waals surface area contributed by atoms with Gasteiger partial charge in [-0.25, -0.2) is 0 Å². The second-order valence-electron chi connectivity index (χ2n) is 4.36. The van der Waals surface area contributed by atoms with Gasteiger partial charge in [0.15, 0.2) is 5.82 Å². The van der Waals surface area contributed by atoms with Crippen LogP contribution in [0, 0.1) is 6.92 Å². The average molecular weight is 251 g/mol. The molecule has 5 nitrogen and oxygen atoms in total. The molecule has 0 bridgehead atoms. The van der Waals surface area contributed by atoms with Crippen molar-refractivity contribution in [1.29, 1.82) is 0 Å². The van der Waals surface area contributed by atoms with E-state index in [2.05, 4.69) is 39.5 Å². The van der Waals surface area contributed by atoms with Gasteiger partial charge in [-0.3, -0.25) is 5.10 Å². The van der Waals surface area contributed by atoms with Gasteiger partial charge in [-0.15, -0.1) is 0 Å². The van der Waals surface area contributed by atoms with Gasteiger partial charge in [0.25, 0.3) is 0 Å². The third-order valence-electron chi connectivity index (χ3n) is 3.01. The zero-order chi connectivity index (χ0) is 13.2. The number of anilines is 1. The summed E-state index contributed by atoms with van der Waals surface area (Å²) in [7, 11) is 0. The first-order valence-corrected chi connectivity index (χ1v) is 5.93. The summed E-state index contributed by atoms with van der Waals surface area (Å²) in [5.74, 6) is 0.482. The lowest BCUT2D eigenvalue weighted by Gasteiger charge is -2.04. The van der Waals surface area contributed by atoms with Crippen molar-refractivity contribution in [2.24, 2.45) is 0 Å². The molecule has 0 saturated carbocycles. The number of nitrogens with zero attached hydrogens (tertiary/aromatic N) is 3. The lowest BCUT2D eigenvalue weighted by molar-refractivity contribution is 1.03. The molecule has 0 atom stereocenters. The maximum Gasteiger partial charge on any atom is 0.153 e. The number of hydrogen-bond acceptors (Lipinski definition) is 4. The van der Waals surface area contributed by atoms with Gasteiger partial charge in [-0.1, -0.05) is 29.8 Å². The Bertz CT molecular complexity index is 686. The number of benzene rings is 1. The molecule has 0 spiro atoms. The summed E-state index contributed by atoms with van der Waals surface area (Å²) < 4.78 is 0. The molecule has 0 saturated heterocycles. The number of aromatic nitrogens is 4. The molecular formula is C14H13N5. The second kappa shape index (κ2) is 4.53. The number of aromatic amines is 1. The van der Waals surface area contributed by atoms with Crippen LogP contribution in [-0.4, -0.2) is 20.4 Å². The molecule has 94 valence electrons. The van der Waals surface area contributed by atoms with Crippen molar-refractivity contribution in [3.63, 3.8) is 0 Å². The van der Waals surface area contributed by atoms with Gasteiger partial charge < -0.3 is 5.73 Å². The van der Waals surface area contributed by atoms with Crippen molar-refractivity contribution in [2.45, 2.75) is 6.92 Å². The third kappa shape index (κ3) is 2.06. The fourth-order valence-corrected chi connectivity index (χ4v) is 2.02. The van der Waals surface area contributed by atoms with Crippen LogP contribution in [0.3, 0.4) is 0 Å². The Morgan fingerprint density at radius 3 is 2.47 bits per heavy atom. The first-order valence-electron chi connectivity index (χ1n) is 5.93. The first kappa shape index (κ1) is 11.4. The highest BCUT2D eigenvalue weighted by Gasteiger charge is 2.14. The largest absolute Gasteiger partial charge is 0.382 e. The third-order valence-corrected chi connectivity index (χ3v) is 3.01. The van der Waals surface area contributed by atoms with E-state index in [0.717, 1.165) is 22.4 Å². The molecule has 19 heavy (non-hydrogen) atoms. The molecule has 3 rings (SSSR count). The summed E-state index contributed by atoms with van der Waals surface area (Å²) in [5, 5.41) is 14.7. The minimum atomic E-state index is 0.482. The van der Waals surface area contributed by atoms with Crippen LogP contribution in [0.25, 0.3) is 22.4 Å². The summed E-state index contributed by atoms with van der Waals surface area (Å²) in [5.41, 5.74) is 10.9. The van der Waals surface area contributed by atoms with Crippen LogP contribution in [-0.2, 0) is 0 Å². The average Bonchev–Trinajstić information content (AvgIpc) is 2.83. The molecule has 0 aliphatic carbocycles. The Kier molecular flexibility index (Phi) is 2.72. The van der Waals surface area contributed by atoms with E-state index in [1.807, 2.05) is 18.2 Å². The Morgan fingerprint density at radius 2 is 1.79 bits per heavy atom. The van der Waals surface area contributed by atoms with Gasteiger partial charge in [-0.2, -0.15) is 15.3 Å². The molecule has 3 aromatic rings. The maximum atomic E-state index is 5.97. The van der Waals surface area contributed by atoms with E-state index in [4.69, 9.17) is 5.73 Å². The summed E-state index contributed by atoms with van der Waals surface area (Å²) in [6.07, 6.45) is 3.33. The van der Waals surface area contributed by atoms with Crippen molar-refractivity contribution in [2.75, 3.05) is 5.73 Å². The molecule has 0 fully saturated rings. The summed E-state index contributed by atoms with van der Waals surface area (Å²) in [6.45, 7) is 2.05. The van der Waals surface area contributed by atoms with E-state index in [1.54, 1.807) is 12.4 Å². The van der Waals surface area contributed by atoms with Crippen LogP contribution in [0.1, 0.15) is 5.56 Å². The quantitative estimate of drug-likeness (QED) is 0.733. The Labute approximate surface area is 110 Å². The van der Waals surface area contributed by atoms with E-state index in [9.17, 15) is 0 Å². The summed E-state index contributed by atoms with van der Waals surface area (Å²) in [4.78, 5) is 0. The molecule has 0 aliphatic rings. The second-order valence-corrected chi connectivity index (χ2v) is 4.36. The van der Waals surface area contributed by atoms with Crippen LogP contribution >= 0.6 is 0 Å². The van der Waals surface area contributed by atoms with Crippen LogP contribution < -0.4 is 5.73 Å². The number of nitrogen functional groups attached to an aromatic ring is 1. The smallest absolute Gasteiger partial charge is 0.153 e. The highest BCUT2D eigenvalue weighted by molar-refractivity contribution is 5.87. The number of H-pyrrole nitrogens is 1. The normalized spacial score (nSPS) is 10.6. The fraction of sp³-hybridized carbons (Fsp3) is 0.0714. The summed E-state index contributed by atoms with van der Waals surface area (Å²) in [6, 6.07) is 10.0. The minimum Gasteiger partial charge on any atom is -0.382 e. The van der Waals surface area contributed by atoms with E-state index in [0.29, 0.717) is 5.82 Å². The van der Waals surface area contributed by atoms with E-state index >= 15 is 0 Å². The van der Waals surface area contributed by atoms with Crippen LogP contribution in [0.15, 0.2) is 42.7 Å². The highest BCUT2D eigenvalue weighted by Crippen LogP contribution is 2.34. The standard InChI is InChI=1S/C14H13N5/c1-9-2-4-10(5-3-9)12-13(18-19-14(12)15)11-6-7-16-17-8-11/h2-8H,1H3,(H3,15,18,19). The molecule has 0 unspecified atom stereocenters. The van der Waals surface area contributed by atoms with Crippen molar-refractivity contribution in [1.82, 2.24) is 20.4 Å². The predicted octanol–water partition coefficient (Wildman–Crippen LogP) is 2.42. The molecular weight excluding hydrogens is 238 g/mol. The highest BCUT2D eigenvalue weighted by atomic mass is 15.2. The van der Waals surface area contributed by atoms with Crippen molar-refractivity contribution in [3.8, 4) is 22.4 Å². The number of nitrogens with one attached hydrogen (secondary N) is 1. The van der Waals surface area contributed by atoms with E-state index < -0.39 is 0 Å². The number of aryl methyl sites for hydroxylation is 1. The minimum absolute atomic E-state index is 0.482. The van der Waals surface area contributed by atoms with Crippen LogP contribution in [0.2, 0.25) is 0 Å². The lowest BCUT2D eigenvalue weighted by Crippen LogP contribution is -1.89. The SMILES string of the molecule is Cc1ccc(-c2c(N)n[nH]c2-c2ccnnc2)cc1. The molecule has 5 heteroatoms. The lowest BCUT2D eigenvalue weighted by atomic mass is 10.0. The molecule has 0 radical (unpaired) electrons. The number of rotatable bonds is 2. The van der Waals surface area contributed by atoms with E-state index in [-0.39, 0.29) is 0 Å². The number of nitrogens with two attached hydrogens (primary N) is 1. The first-order chi connectivity index (χ1) is 9.25. The molecule has 0 amide bonds. The topological polar surface area (TPSA) is 80.5 Å². The predicted molar refractivity (Wildman–Crippen MR) is 74.2 cm³/mol. The summed E-state index contributed by atoms with van der Waals surface area (Å²) >= 11 is 0.